The number of hydrogen-bond donors (Lipinski definition) is 1. The van der Waals surface area contributed by atoms with Crippen molar-refractivity contribution in [2.45, 2.75) is 25.9 Å². The molecule has 0 spiro atoms. The van der Waals surface area contributed by atoms with E-state index in [0.29, 0.717) is 0 Å². The van der Waals surface area contributed by atoms with Gasteiger partial charge in [0, 0.05) is 36.2 Å². The zero-order valence-electron chi connectivity index (χ0n) is 11.5. The quantitative estimate of drug-likeness (QED) is 0.788. The van der Waals surface area contributed by atoms with E-state index in [1.54, 1.807) is 6.20 Å². The smallest absolute Gasteiger partial charge is 0.140 e. The van der Waals surface area contributed by atoms with Crippen LogP contribution in [0, 0.1) is 0 Å². The first-order valence-corrected chi connectivity index (χ1v) is 6.81. The zero-order chi connectivity index (χ0) is 13.9. The molecule has 0 bridgehead atoms. The largest absolute Gasteiger partial charge is 0.328 e. The van der Waals surface area contributed by atoms with Gasteiger partial charge in [-0.3, -0.25) is 4.98 Å². The minimum atomic E-state index is 0.146. The summed E-state index contributed by atoms with van der Waals surface area (Å²) in [6.45, 7) is 2.81. The summed E-state index contributed by atoms with van der Waals surface area (Å²) in [4.78, 5) is 8.67. The zero-order valence-corrected chi connectivity index (χ0v) is 11.5. The summed E-state index contributed by atoms with van der Waals surface area (Å²) in [6, 6.07) is 8.26. The molecule has 3 aromatic rings. The SMILES string of the molecule is CC(N)Cc1cn(Cc2cccnc2)c2ncccc12. The van der Waals surface area contributed by atoms with Gasteiger partial charge in [0.1, 0.15) is 5.65 Å². The molecule has 0 fully saturated rings. The second kappa shape index (κ2) is 5.43. The lowest BCUT2D eigenvalue weighted by atomic mass is 10.1. The number of nitrogens with zero attached hydrogens (tertiary/aromatic N) is 3. The fourth-order valence-electron chi connectivity index (χ4n) is 2.51. The highest BCUT2D eigenvalue weighted by atomic mass is 15.0. The Hall–Kier alpha value is -2.20. The highest BCUT2D eigenvalue weighted by Gasteiger charge is 2.10. The van der Waals surface area contributed by atoms with E-state index >= 15 is 0 Å². The van der Waals surface area contributed by atoms with Crippen molar-refractivity contribution in [3.8, 4) is 0 Å². The molecule has 102 valence electrons. The number of nitrogens with two attached hydrogens (primary N) is 1. The van der Waals surface area contributed by atoms with E-state index in [9.17, 15) is 0 Å². The molecular weight excluding hydrogens is 248 g/mol. The molecule has 3 heterocycles. The lowest BCUT2D eigenvalue weighted by molar-refractivity contribution is 0.734. The summed E-state index contributed by atoms with van der Waals surface area (Å²) in [5, 5.41) is 1.19. The van der Waals surface area contributed by atoms with Crippen LogP contribution < -0.4 is 5.73 Å². The van der Waals surface area contributed by atoms with E-state index in [1.165, 1.54) is 16.5 Å². The molecule has 0 saturated carbocycles. The highest BCUT2D eigenvalue weighted by Crippen LogP contribution is 2.21. The van der Waals surface area contributed by atoms with Crippen molar-refractivity contribution >= 4 is 11.0 Å². The van der Waals surface area contributed by atoms with Crippen LogP contribution in [0.5, 0.6) is 0 Å². The van der Waals surface area contributed by atoms with Crippen molar-refractivity contribution in [2.75, 3.05) is 0 Å². The van der Waals surface area contributed by atoms with Crippen molar-refractivity contribution in [2.24, 2.45) is 5.73 Å². The molecule has 1 unspecified atom stereocenters. The van der Waals surface area contributed by atoms with E-state index in [4.69, 9.17) is 5.73 Å². The fourth-order valence-corrected chi connectivity index (χ4v) is 2.51. The van der Waals surface area contributed by atoms with Crippen molar-refractivity contribution in [1.29, 1.82) is 0 Å². The molecule has 3 aromatic heterocycles. The van der Waals surface area contributed by atoms with Crippen LogP contribution in [0.2, 0.25) is 0 Å². The summed E-state index contributed by atoms with van der Waals surface area (Å²) in [5.41, 5.74) is 9.37. The third kappa shape index (κ3) is 2.56. The van der Waals surface area contributed by atoms with Crippen molar-refractivity contribution in [3.63, 3.8) is 0 Å². The van der Waals surface area contributed by atoms with Gasteiger partial charge in [0.25, 0.3) is 0 Å². The van der Waals surface area contributed by atoms with Crippen LogP contribution in [0.1, 0.15) is 18.1 Å². The van der Waals surface area contributed by atoms with Crippen molar-refractivity contribution < 1.29 is 0 Å². The number of aromatic nitrogens is 3. The number of pyridine rings is 2. The predicted octanol–water partition coefficient (Wildman–Crippen LogP) is 2.37. The van der Waals surface area contributed by atoms with Crippen LogP contribution in [0.3, 0.4) is 0 Å². The summed E-state index contributed by atoms with van der Waals surface area (Å²) in [6.07, 6.45) is 8.53. The fraction of sp³-hybridized carbons (Fsp3) is 0.250. The molecule has 0 amide bonds. The van der Waals surface area contributed by atoms with Crippen LogP contribution in [0.25, 0.3) is 11.0 Å². The minimum Gasteiger partial charge on any atom is -0.328 e. The topological polar surface area (TPSA) is 56.7 Å². The van der Waals surface area contributed by atoms with Crippen molar-refractivity contribution in [1.82, 2.24) is 14.5 Å². The monoisotopic (exact) mass is 266 g/mol. The van der Waals surface area contributed by atoms with Gasteiger partial charge in [-0.25, -0.2) is 4.98 Å². The molecule has 1 atom stereocenters. The molecule has 0 saturated heterocycles. The molecular formula is C16H18N4. The Labute approximate surface area is 118 Å². The predicted molar refractivity (Wildman–Crippen MR) is 80.4 cm³/mol. The Morgan fingerprint density at radius 1 is 1.25 bits per heavy atom. The average molecular weight is 266 g/mol. The maximum absolute atomic E-state index is 5.94. The number of rotatable bonds is 4. The minimum absolute atomic E-state index is 0.146. The van der Waals surface area contributed by atoms with Crippen molar-refractivity contribution in [3.05, 3.63) is 60.2 Å². The highest BCUT2D eigenvalue weighted by molar-refractivity contribution is 5.80. The van der Waals surface area contributed by atoms with Crippen LogP contribution >= 0.6 is 0 Å². The summed E-state index contributed by atoms with van der Waals surface area (Å²) in [5.74, 6) is 0. The van der Waals surface area contributed by atoms with E-state index in [2.05, 4.69) is 32.9 Å². The maximum Gasteiger partial charge on any atom is 0.140 e. The second-order valence-corrected chi connectivity index (χ2v) is 5.20. The summed E-state index contributed by atoms with van der Waals surface area (Å²) < 4.78 is 2.17. The van der Waals surface area contributed by atoms with Crippen LogP contribution in [-0.4, -0.2) is 20.6 Å². The van der Waals surface area contributed by atoms with E-state index in [-0.39, 0.29) is 6.04 Å². The number of fused-ring (bicyclic) bond motifs is 1. The first-order valence-electron chi connectivity index (χ1n) is 6.81. The molecule has 4 heteroatoms. The van der Waals surface area contributed by atoms with Gasteiger partial charge >= 0.3 is 0 Å². The molecule has 4 nitrogen and oxygen atoms in total. The molecule has 0 aromatic carbocycles. The third-order valence-corrected chi connectivity index (χ3v) is 3.33. The Kier molecular flexibility index (Phi) is 3.48. The standard InChI is InChI=1S/C16H18N4/c1-12(17)8-14-11-20(10-13-4-2-6-18-9-13)16-15(14)5-3-7-19-16/h2-7,9,11-12H,8,10,17H2,1H3. The van der Waals surface area contributed by atoms with E-state index in [1.807, 2.05) is 31.5 Å². The summed E-state index contributed by atoms with van der Waals surface area (Å²) in [7, 11) is 0. The van der Waals surface area contributed by atoms with Gasteiger partial charge in [0.05, 0.1) is 6.54 Å². The van der Waals surface area contributed by atoms with Gasteiger partial charge in [-0.1, -0.05) is 6.07 Å². The first kappa shape index (κ1) is 12.8. The summed E-state index contributed by atoms with van der Waals surface area (Å²) >= 11 is 0. The average Bonchev–Trinajstić information content (AvgIpc) is 2.78. The molecule has 2 N–H and O–H groups in total. The van der Waals surface area contributed by atoms with Crippen LogP contribution in [-0.2, 0) is 13.0 Å². The Balaban J connectivity index is 2.02. The van der Waals surface area contributed by atoms with Gasteiger partial charge in [0.15, 0.2) is 0 Å². The number of hydrogen-bond acceptors (Lipinski definition) is 3. The Morgan fingerprint density at radius 3 is 2.85 bits per heavy atom. The van der Waals surface area contributed by atoms with Gasteiger partial charge in [-0.15, -0.1) is 0 Å². The lowest BCUT2D eigenvalue weighted by Crippen LogP contribution is -2.17. The molecule has 0 aliphatic heterocycles. The molecule has 0 aliphatic rings. The van der Waals surface area contributed by atoms with Crippen LogP contribution in [0.4, 0.5) is 0 Å². The molecule has 3 rings (SSSR count). The third-order valence-electron chi connectivity index (χ3n) is 3.33. The Bertz CT molecular complexity index is 701. The lowest BCUT2D eigenvalue weighted by Gasteiger charge is -2.04. The van der Waals surface area contributed by atoms with E-state index in [0.717, 1.165) is 18.6 Å². The molecule has 0 radical (unpaired) electrons. The Morgan fingerprint density at radius 2 is 2.10 bits per heavy atom. The second-order valence-electron chi connectivity index (χ2n) is 5.20. The van der Waals surface area contributed by atoms with Gasteiger partial charge in [-0.2, -0.15) is 0 Å². The normalized spacial score (nSPS) is 12.7. The first-order chi connectivity index (χ1) is 9.74. The molecule has 20 heavy (non-hydrogen) atoms. The van der Waals surface area contributed by atoms with Gasteiger partial charge in [-0.05, 0) is 42.7 Å². The maximum atomic E-state index is 5.94. The van der Waals surface area contributed by atoms with Gasteiger partial charge < -0.3 is 10.3 Å². The van der Waals surface area contributed by atoms with Gasteiger partial charge in [0.2, 0.25) is 0 Å². The van der Waals surface area contributed by atoms with E-state index < -0.39 is 0 Å². The molecule has 0 aliphatic carbocycles. The van der Waals surface area contributed by atoms with Crippen LogP contribution in [0.15, 0.2) is 49.1 Å².